The van der Waals surface area contributed by atoms with Crippen LogP contribution in [0.15, 0.2) is 24.3 Å². The van der Waals surface area contributed by atoms with Crippen molar-refractivity contribution in [2.75, 3.05) is 13.2 Å². The van der Waals surface area contributed by atoms with Crippen molar-refractivity contribution in [3.8, 4) is 0 Å². The zero-order valence-electron chi connectivity index (χ0n) is 40.9. The lowest BCUT2D eigenvalue weighted by molar-refractivity contribution is -0.167. The Labute approximate surface area is 379 Å². The smallest absolute Gasteiger partial charge is 0.306 e. The number of carbonyl (C=O) groups excluding carboxylic acids is 3. The van der Waals surface area contributed by atoms with Crippen LogP contribution >= 0.6 is 0 Å². The fourth-order valence-electron chi connectivity index (χ4n) is 7.84. The lowest BCUT2D eigenvalue weighted by Gasteiger charge is -2.18. The van der Waals surface area contributed by atoms with Gasteiger partial charge in [0.05, 0.1) is 0 Å². The van der Waals surface area contributed by atoms with Crippen LogP contribution in [0.4, 0.5) is 0 Å². The van der Waals surface area contributed by atoms with Crippen LogP contribution < -0.4 is 0 Å². The third kappa shape index (κ3) is 48.8. The van der Waals surface area contributed by atoms with Gasteiger partial charge in [0.15, 0.2) is 6.10 Å². The summed E-state index contributed by atoms with van der Waals surface area (Å²) >= 11 is 0. The second-order valence-corrected chi connectivity index (χ2v) is 18.1. The predicted octanol–water partition coefficient (Wildman–Crippen LogP) is 17.5. The number of allylic oxidation sites excluding steroid dienone is 4. The molecule has 0 heterocycles. The van der Waals surface area contributed by atoms with E-state index in [1.54, 1.807) is 0 Å². The molecule has 61 heavy (non-hydrogen) atoms. The average molecular weight is 859 g/mol. The molecular weight excluding hydrogens is 757 g/mol. The van der Waals surface area contributed by atoms with Crippen molar-refractivity contribution in [2.24, 2.45) is 0 Å². The van der Waals surface area contributed by atoms with Crippen LogP contribution in [0.3, 0.4) is 0 Å². The molecule has 0 rings (SSSR count). The number of unbranched alkanes of at least 4 members (excludes halogenated alkanes) is 34. The first-order chi connectivity index (χ1) is 30.0. The Bertz CT molecular complexity index is 989. The Kier molecular flexibility index (Phi) is 48.8. The predicted molar refractivity (Wildman–Crippen MR) is 261 cm³/mol. The van der Waals surface area contributed by atoms with Crippen LogP contribution in [0.1, 0.15) is 290 Å². The van der Waals surface area contributed by atoms with Crippen LogP contribution in [-0.2, 0) is 28.6 Å². The largest absolute Gasteiger partial charge is 0.462 e. The van der Waals surface area contributed by atoms with Crippen molar-refractivity contribution in [1.29, 1.82) is 0 Å². The molecule has 0 fully saturated rings. The van der Waals surface area contributed by atoms with Gasteiger partial charge in [-0.15, -0.1) is 0 Å². The molecule has 0 saturated carbocycles. The normalized spacial score (nSPS) is 12.1. The van der Waals surface area contributed by atoms with Gasteiger partial charge >= 0.3 is 17.9 Å². The van der Waals surface area contributed by atoms with E-state index in [0.29, 0.717) is 19.3 Å². The fraction of sp³-hybridized carbons (Fsp3) is 0.873. The van der Waals surface area contributed by atoms with Crippen molar-refractivity contribution in [2.45, 2.75) is 297 Å². The standard InChI is InChI=1S/C55H102O6/c1-4-7-10-13-16-19-22-25-27-30-33-36-39-42-45-48-54(57)60-51-52(50-59-53(56)47-44-41-38-35-32-29-24-21-18-15-12-9-6-3)61-55(58)49-46-43-40-37-34-31-28-26-23-20-17-14-11-8-5-2/h25-28,52H,4-24,29-51H2,1-3H3. The van der Waals surface area contributed by atoms with E-state index in [4.69, 9.17) is 14.2 Å². The van der Waals surface area contributed by atoms with Gasteiger partial charge in [-0.05, 0) is 70.6 Å². The lowest BCUT2D eigenvalue weighted by atomic mass is 10.0. The molecule has 0 bridgehead atoms. The van der Waals surface area contributed by atoms with Crippen LogP contribution in [0.25, 0.3) is 0 Å². The summed E-state index contributed by atoms with van der Waals surface area (Å²) in [5.74, 6) is -0.876. The number of hydrogen-bond acceptors (Lipinski definition) is 6. The fourth-order valence-corrected chi connectivity index (χ4v) is 7.84. The Morgan fingerprint density at radius 1 is 0.311 bits per heavy atom. The first-order valence-corrected chi connectivity index (χ1v) is 26.8. The topological polar surface area (TPSA) is 78.9 Å². The molecule has 1 unspecified atom stereocenters. The van der Waals surface area contributed by atoms with Crippen LogP contribution in [0.2, 0.25) is 0 Å². The number of ether oxygens (including phenoxy) is 3. The molecule has 0 N–H and O–H groups in total. The first-order valence-electron chi connectivity index (χ1n) is 26.8. The van der Waals surface area contributed by atoms with E-state index >= 15 is 0 Å². The van der Waals surface area contributed by atoms with Gasteiger partial charge in [-0.3, -0.25) is 14.4 Å². The number of esters is 3. The van der Waals surface area contributed by atoms with E-state index in [9.17, 15) is 14.4 Å². The lowest BCUT2D eigenvalue weighted by Crippen LogP contribution is -2.30. The van der Waals surface area contributed by atoms with Crippen molar-refractivity contribution < 1.29 is 28.6 Å². The maximum atomic E-state index is 12.8. The molecule has 0 aliphatic rings. The van der Waals surface area contributed by atoms with Crippen LogP contribution in [-0.4, -0.2) is 37.2 Å². The Morgan fingerprint density at radius 3 is 0.820 bits per heavy atom. The maximum absolute atomic E-state index is 12.8. The van der Waals surface area contributed by atoms with Crippen LogP contribution in [0.5, 0.6) is 0 Å². The number of hydrogen-bond donors (Lipinski definition) is 0. The van der Waals surface area contributed by atoms with Crippen LogP contribution in [0, 0.1) is 0 Å². The van der Waals surface area contributed by atoms with Crippen molar-refractivity contribution in [3.63, 3.8) is 0 Å². The molecule has 0 radical (unpaired) electrons. The molecule has 0 aliphatic carbocycles. The van der Waals surface area contributed by atoms with Gasteiger partial charge in [0.2, 0.25) is 0 Å². The summed E-state index contributed by atoms with van der Waals surface area (Å²) in [6, 6.07) is 0. The molecule has 0 amide bonds. The molecule has 6 nitrogen and oxygen atoms in total. The molecule has 1 atom stereocenters. The monoisotopic (exact) mass is 859 g/mol. The zero-order valence-corrected chi connectivity index (χ0v) is 40.9. The van der Waals surface area contributed by atoms with Gasteiger partial charge in [-0.25, -0.2) is 0 Å². The second-order valence-electron chi connectivity index (χ2n) is 18.1. The Morgan fingerprint density at radius 2 is 0.541 bits per heavy atom. The molecule has 358 valence electrons. The highest BCUT2D eigenvalue weighted by molar-refractivity contribution is 5.71. The van der Waals surface area contributed by atoms with E-state index in [-0.39, 0.29) is 31.1 Å². The van der Waals surface area contributed by atoms with E-state index in [2.05, 4.69) is 45.1 Å². The molecule has 0 spiro atoms. The van der Waals surface area contributed by atoms with Gasteiger partial charge in [-0.1, -0.05) is 225 Å². The highest BCUT2D eigenvalue weighted by Gasteiger charge is 2.19. The van der Waals surface area contributed by atoms with Gasteiger partial charge < -0.3 is 14.2 Å². The minimum absolute atomic E-state index is 0.0733. The van der Waals surface area contributed by atoms with E-state index in [1.165, 1.54) is 180 Å². The third-order valence-electron chi connectivity index (χ3n) is 11.9. The van der Waals surface area contributed by atoms with Crippen molar-refractivity contribution >= 4 is 17.9 Å². The first kappa shape index (κ1) is 58.9. The molecule has 0 aromatic carbocycles. The molecule has 0 aromatic rings. The molecule has 6 heteroatoms. The minimum Gasteiger partial charge on any atom is -0.462 e. The highest BCUT2D eigenvalue weighted by Crippen LogP contribution is 2.15. The molecule has 0 aliphatic heterocycles. The molecular formula is C55H102O6. The third-order valence-corrected chi connectivity index (χ3v) is 11.9. The Hall–Kier alpha value is -2.11. The highest BCUT2D eigenvalue weighted by atomic mass is 16.6. The zero-order chi connectivity index (χ0) is 44.4. The van der Waals surface area contributed by atoms with Gasteiger partial charge in [0, 0.05) is 19.3 Å². The van der Waals surface area contributed by atoms with Gasteiger partial charge in [-0.2, -0.15) is 0 Å². The average Bonchev–Trinajstić information content (AvgIpc) is 3.26. The summed E-state index contributed by atoms with van der Waals surface area (Å²) < 4.78 is 16.8. The number of rotatable bonds is 49. The van der Waals surface area contributed by atoms with E-state index < -0.39 is 6.10 Å². The van der Waals surface area contributed by atoms with Gasteiger partial charge in [0.1, 0.15) is 13.2 Å². The minimum atomic E-state index is -0.774. The molecule has 0 aromatic heterocycles. The summed E-state index contributed by atoms with van der Waals surface area (Å²) in [4.78, 5) is 38.0. The van der Waals surface area contributed by atoms with E-state index in [0.717, 1.165) is 70.6 Å². The summed E-state index contributed by atoms with van der Waals surface area (Å²) in [5.41, 5.74) is 0. The van der Waals surface area contributed by atoms with E-state index in [1.807, 2.05) is 0 Å². The molecule has 0 saturated heterocycles. The summed E-state index contributed by atoms with van der Waals surface area (Å²) in [7, 11) is 0. The van der Waals surface area contributed by atoms with Crippen molar-refractivity contribution in [3.05, 3.63) is 24.3 Å². The Balaban J connectivity index is 4.37. The second kappa shape index (κ2) is 50.5. The summed E-state index contributed by atoms with van der Waals surface area (Å²) in [6.07, 6.45) is 57.3. The summed E-state index contributed by atoms with van der Waals surface area (Å²) in [6.45, 7) is 6.64. The quantitative estimate of drug-likeness (QED) is 0.0262. The van der Waals surface area contributed by atoms with Gasteiger partial charge in [0.25, 0.3) is 0 Å². The maximum Gasteiger partial charge on any atom is 0.306 e. The summed E-state index contributed by atoms with van der Waals surface area (Å²) in [5, 5.41) is 0. The van der Waals surface area contributed by atoms with Crippen molar-refractivity contribution in [1.82, 2.24) is 0 Å². The SMILES string of the molecule is CCCCCCCCC=CCCCCCCCC(=O)OCC(COC(=O)CCCCCCCCCCCCCCC)OC(=O)CCCCCCCC=CCCCCCCCC. The number of carbonyl (C=O) groups is 3.